The lowest BCUT2D eigenvalue weighted by molar-refractivity contribution is -2.00. The molecule has 0 saturated heterocycles. The SMILES string of the molecule is Cc1cc(C)[o+]c(C(C)C)c1.[O-][Cl+3]([O-])([O-])[O-]. The summed E-state index contributed by atoms with van der Waals surface area (Å²) >= 11 is 0. The molecule has 0 unspecified atom stereocenters. The fourth-order valence-electron chi connectivity index (χ4n) is 1.12. The van der Waals surface area contributed by atoms with Gasteiger partial charge in [-0.15, -0.1) is 10.2 Å². The van der Waals surface area contributed by atoms with Crippen LogP contribution in [0.15, 0.2) is 16.5 Å². The second-order valence-electron chi connectivity index (χ2n) is 3.68. The summed E-state index contributed by atoms with van der Waals surface area (Å²) < 4.78 is 39.5. The molecule has 0 amide bonds. The van der Waals surface area contributed by atoms with Gasteiger partial charge in [0.2, 0.25) is 0 Å². The molecular weight excluding hydrogens is 236 g/mol. The lowest BCUT2D eigenvalue weighted by Gasteiger charge is -2.17. The van der Waals surface area contributed by atoms with Gasteiger partial charge in [0.15, 0.2) is 0 Å². The van der Waals surface area contributed by atoms with Crippen molar-refractivity contribution in [2.75, 3.05) is 0 Å². The van der Waals surface area contributed by atoms with Crippen LogP contribution in [-0.2, 0) is 0 Å². The van der Waals surface area contributed by atoms with E-state index in [0.717, 1.165) is 11.5 Å². The molecular formula is C10H15ClO5. The molecule has 0 saturated carbocycles. The minimum Gasteiger partial charge on any atom is -0.222 e. The molecule has 0 aromatic carbocycles. The first kappa shape index (κ1) is 15.3. The standard InChI is InChI=1S/C10H15O.ClHO4/c1-7(2)10-6-8(3)5-9(4)11-10;2-1(3,4)5/h5-7H,1-4H3;(H,2,3,4,5)/q+1;/p-1. The van der Waals surface area contributed by atoms with Gasteiger partial charge in [-0.2, -0.15) is 0 Å². The first-order valence-corrected chi connectivity index (χ1v) is 5.86. The van der Waals surface area contributed by atoms with Gasteiger partial charge in [-0.3, -0.25) is 0 Å². The van der Waals surface area contributed by atoms with E-state index in [1.54, 1.807) is 0 Å². The molecule has 1 aromatic heterocycles. The highest BCUT2D eigenvalue weighted by atomic mass is 35.7. The van der Waals surface area contributed by atoms with Gasteiger partial charge >= 0.3 is 11.5 Å². The molecule has 92 valence electrons. The Morgan fingerprint density at radius 1 is 1.06 bits per heavy atom. The Hall–Kier alpha value is -0.720. The molecule has 16 heavy (non-hydrogen) atoms. The highest BCUT2D eigenvalue weighted by Gasteiger charge is 2.14. The molecule has 6 heteroatoms. The summed E-state index contributed by atoms with van der Waals surface area (Å²) in [4.78, 5) is 0. The molecule has 0 aliphatic rings. The minimum absolute atomic E-state index is 0.480. The van der Waals surface area contributed by atoms with E-state index in [2.05, 4.69) is 26.8 Å². The van der Waals surface area contributed by atoms with Gasteiger partial charge in [-0.05, 0) is 12.5 Å². The minimum atomic E-state index is -4.94. The van der Waals surface area contributed by atoms with Gasteiger partial charge in [0, 0.05) is 12.1 Å². The lowest BCUT2D eigenvalue weighted by atomic mass is 10.1. The largest absolute Gasteiger partial charge is 0.332 e. The number of rotatable bonds is 1. The van der Waals surface area contributed by atoms with Gasteiger partial charge in [0.05, 0.1) is 12.8 Å². The fourth-order valence-corrected chi connectivity index (χ4v) is 1.12. The van der Waals surface area contributed by atoms with E-state index in [1.807, 2.05) is 13.0 Å². The summed E-state index contributed by atoms with van der Waals surface area (Å²) in [7, 11) is -4.94. The molecule has 0 spiro atoms. The third-order valence-corrected chi connectivity index (χ3v) is 1.65. The fraction of sp³-hybridized carbons (Fsp3) is 0.500. The quantitative estimate of drug-likeness (QED) is 0.567. The van der Waals surface area contributed by atoms with Crippen molar-refractivity contribution in [3.8, 4) is 0 Å². The molecule has 0 aliphatic heterocycles. The zero-order valence-corrected chi connectivity index (χ0v) is 10.4. The average molecular weight is 251 g/mol. The number of halogens is 1. The van der Waals surface area contributed by atoms with Gasteiger partial charge < -0.3 is 0 Å². The van der Waals surface area contributed by atoms with Crippen molar-refractivity contribution in [1.82, 2.24) is 0 Å². The second kappa shape index (κ2) is 6.12. The van der Waals surface area contributed by atoms with E-state index in [4.69, 9.17) is 23.1 Å². The van der Waals surface area contributed by atoms with E-state index in [0.29, 0.717) is 5.92 Å². The summed E-state index contributed by atoms with van der Waals surface area (Å²) in [6.07, 6.45) is 0. The van der Waals surface area contributed by atoms with Crippen molar-refractivity contribution < 1.29 is 33.3 Å². The molecule has 0 aliphatic carbocycles. The van der Waals surface area contributed by atoms with Crippen LogP contribution in [0.3, 0.4) is 0 Å². The summed E-state index contributed by atoms with van der Waals surface area (Å²) in [5, 5.41) is 0. The predicted molar refractivity (Wildman–Crippen MR) is 46.7 cm³/mol. The van der Waals surface area contributed by atoms with Gasteiger partial charge in [0.1, 0.15) is 0 Å². The Kier molecular flexibility index (Phi) is 5.85. The summed E-state index contributed by atoms with van der Waals surface area (Å²) in [5.41, 5.74) is 1.28. The maximum absolute atomic E-state index is 8.49. The van der Waals surface area contributed by atoms with E-state index in [9.17, 15) is 0 Å². The Morgan fingerprint density at radius 3 is 1.81 bits per heavy atom. The first-order valence-electron chi connectivity index (χ1n) is 4.62. The molecule has 0 radical (unpaired) electrons. The molecule has 1 aromatic rings. The van der Waals surface area contributed by atoms with Gasteiger partial charge in [0.25, 0.3) is 0 Å². The topological polar surface area (TPSA) is 104 Å². The molecule has 0 atom stereocenters. The van der Waals surface area contributed by atoms with Crippen LogP contribution >= 0.6 is 0 Å². The Bertz CT molecular complexity index is 306. The van der Waals surface area contributed by atoms with Gasteiger partial charge in [-0.1, -0.05) is 13.8 Å². The van der Waals surface area contributed by atoms with Crippen molar-refractivity contribution in [1.29, 1.82) is 0 Å². The van der Waals surface area contributed by atoms with Crippen LogP contribution in [0.2, 0.25) is 0 Å². The monoisotopic (exact) mass is 250 g/mol. The van der Waals surface area contributed by atoms with Crippen LogP contribution in [0.5, 0.6) is 0 Å². The van der Waals surface area contributed by atoms with Crippen LogP contribution in [-0.4, -0.2) is 0 Å². The number of aryl methyl sites for hydroxylation is 2. The maximum Gasteiger partial charge on any atom is 0.332 e. The number of hydrogen-bond acceptors (Lipinski definition) is 4. The average Bonchev–Trinajstić information content (AvgIpc) is 1.98. The molecule has 1 heterocycles. The van der Waals surface area contributed by atoms with Crippen molar-refractivity contribution in [2.24, 2.45) is 0 Å². The summed E-state index contributed by atoms with van der Waals surface area (Å²) in [5.74, 6) is 2.55. The van der Waals surface area contributed by atoms with E-state index >= 15 is 0 Å². The molecule has 0 bridgehead atoms. The van der Waals surface area contributed by atoms with Crippen molar-refractivity contribution in [3.05, 3.63) is 29.2 Å². The third kappa shape index (κ3) is 8.58. The van der Waals surface area contributed by atoms with Crippen LogP contribution in [0.25, 0.3) is 0 Å². The zero-order valence-electron chi connectivity index (χ0n) is 9.65. The first-order chi connectivity index (χ1) is 7.09. The maximum atomic E-state index is 8.49. The predicted octanol–water partition coefficient (Wildman–Crippen LogP) is -1.46. The lowest BCUT2D eigenvalue weighted by Crippen LogP contribution is -2.68. The second-order valence-corrected chi connectivity index (χ2v) is 4.44. The van der Waals surface area contributed by atoms with Crippen LogP contribution in [0.1, 0.15) is 36.8 Å². The van der Waals surface area contributed by atoms with E-state index < -0.39 is 10.2 Å². The van der Waals surface area contributed by atoms with E-state index in [1.165, 1.54) is 5.56 Å². The van der Waals surface area contributed by atoms with Crippen molar-refractivity contribution >= 4 is 0 Å². The van der Waals surface area contributed by atoms with E-state index in [-0.39, 0.29) is 0 Å². The highest BCUT2D eigenvalue weighted by molar-refractivity contribution is 5.17. The Labute approximate surface area is 96.7 Å². The molecule has 0 N–H and O–H groups in total. The van der Waals surface area contributed by atoms with Crippen LogP contribution in [0.4, 0.5) is 0 Å². The van der Waals surface area contributed by atoms with Crippen molar-refractivity contribution in [3.63, 3.8) is 0 Å². The normalized spacial score (nSPS) is 11.1. The smallest absolute Gasteiger partial charge is 0.222 e. The summed E-state index contributed by atoms with van der Waals surface area (Å²) in [6.45, 7) is 8.35. The van der Waals surface area contributed by atoms with Crippen LogP contribution in [0, 0.1) is 24.1 Å². The third-order valence-electron chi connectivity index (χ3n) is 1.65. The Balaban J connectivity index is 0.000000385. The molecule has 0 fully saturated rings. The summed E-state index contributed by atoms with van der Waals surface area (Å²) in [6, 6.07) is 4.14. The number of hydrogen-bond donors (Lipinski definition) is 0. The van der Waals surface area contributed by atoms with Gasteiger partial charge in [-0.25, -0.2) is 23.1 Å². The van der Waals surface area contributed by atoms with Crippen LogP contribution < -0.4 is 18.6 Å². The highest BCUT2D eigenvalue weighted by Crippen LogP contribution is 2.17. The van der Waals surface area contributed by atoms with Crippen molar-refractivity contribution in [2.45, 2.75) is 33.6 Å². The molecule has 5 nitrogen and oxygen atoms in total. The Morgan fingerprint density at radius 2 is 1.50 bits per heavy atom. The molecule has 1 rings (SSSR count). The zero-order chi connectivity index (χ0) is 12.9.